The average Bonchev–Trinajstić information content (AvgIpc) is 3.30. The van der Waals surface area contributed by atoms with Crippen LogP contribution in [0, 0.1) is 5.92 Å². The van der Waals surface area contributed by atoms with E-state index in [1.807, 2.05) is 40.6 Å². The minimum atomic E-state index is -0.0740. The molecule has 1 saturated heterocycles. The minimum absolute atomic E-state index is 0. The van der Waals surface area contributed by atoms with E-state index in [0.29, 0.717) is 29.4 Å². The zero-order valence-electron chi connectivity index (χ0n) is 13.8. The first-order valence-corrected chi connectivity index (χ1v) is 8.95. The molecule has 0 bridgehead atoms. The Labute approximate surface area is 157 Å². The smallest absolute Gasteiger partial charge is 0.261 e. The topological polar surface area (TPSA) is 75.4 Å². The van der Waals surface area contributed by atoms with Crippen LogP contribution >= 0.6 is 23.7 Å². The molecule has 0 aliphatic carbocycles. The minimum Gasteiger partial charge on any atom is -0.347 e. The van der Waals surface area contributed by atoms with Crippen LogP contribution in [0.2, 0.25) is 0 Å². The van der Waals surface area contributed by atoms with Gasteiger partial charge in [-0.15, -0.1) is 23.7 Å². The number of benzene rings is 1. The lowest BCUT2D eigenvalue weighted by Gasteiger charge is -2.16. The van der Waals surface area contributed by atoms with Gasteiger partial charge in [0.25, 0.3) is 11.8 Å². The Bertz CT molecular complexity index is 704. The lowest BCUT2D eigenvalue weighted by atomic mass is 10.1. The van der Waals surface area contributed by atoms with Gasteiger partial charge in [0.15, 0.2) is 0 Å². The zero-order chi connectivity index (χ0) is 16.9. The van der Waals surface area contributed by atoms with Crippen molar-refractivity contribution in [2.45, 2.75) is 13.0 Å². The Morgan fingerprint density at radius 3 is 2.60 bits per heavy atom. The number of hydrogen-bond acceptors (Lipinski definition) is 4. The number of halogens is 1. The molecule has 5 nitrogen and oxygen atoms in total. The summed E-state index contributed by atoms with van der Waals surface area (Å²) in [5.41, 5.74) is 7.33. The molecule has 0 spiro atoms. The van der Waals surface area contributed by atoms with Gasteiger partial charge in [-0.05, 0) is 48.0 Å². The molecule has 2 aromatic rings. The van der Waals surface area contributed by atoms with Crippen LogP contribution in [0.15, 0.2) is 41.8 Å². The van der Waals surface area contributed by atoms with Gasteiger partial charge in [-0.1, -0.05) is 18.2 Å². The summed E-state index contributed by atoms with van der Waals surface area (Å²) in [5.74, 6) is 0.399. The van der Waals surface area contributed by atoms with Crippen molar-refractivity contribution >= 4 is 35.6 Å². The number of likely N-dealkylation sites (tertiary alicyclic amines) is 1. The van der Waals surface area contributed by atoms with Crippen molar-refractivity contribution in [1.82, 2.24) is 10.2 Å². The van der Waals surface area contributed by atoms with Gasteiger partial charge < -0.3 is 16.0 Å². The number of nitrogens with one attached hydrogen (secondary N) is 1. The molecule has 2 amide bonds. The monoisotopic (exact) mass is 379 g/mol. The summed E-state index contributed by atoms with van der Waals surface area (Å²) in [6.07, 6.45) is 0.981. The average molecular weight is 380 g/mol. The largest absolute Gasteiger partial charge is 0.347 e. The molecule has 3 rings (SSSR count). The van der Waals surface area contributed by atoms with Crippen LogP contribution in [0.25, 0.3) is 0 Å². The van der Waals surface area contributed by atoms with Crippen molar-refractivity contribution in [2.75, 3.05) is 19.6 Å². The van der Waals surface area contributed by atoms with Crippen molar-refractivity contribution in [2.24, 2.45) is 11.7 Å². The van der Waals surface area contributed by atoms with Gasteiger partial charge in [0.1, 0.15) is 0 Å². The maximum atomic E-state index is 12.5. The highest BCUT2D eigenvalue weighted by molar-refractivity contribution is 7.12. The standard InChI is InChI=1S/C18H21N3O2S.ClH/c19-10-14-7-8-21(12-14)18(23)15-5-3-13(4-6-15)11-20-17(22)16-2-1-9-24-16;/h1-6,9,14H,7-8,10-12,19H2,(H,20,22);1H. The van der Waals surface area contributed by atoms with Crippen LogP contribution in [0.5, 0.6) is 0 Å². The van der Waals surface area contributed by atoms with Crippen LogP contribution in [-0.2, 0) is 6.54 Å². The third kappa shape index (κ3) is 4.81. The Morgan fingerprint density at radius 1 is 1.24 bits per heavy atom. The highest BCUT2D eigenvalue weighted by Gasteiger charge is 2.25. The summed E-state index contributed by atoms with van der Waals surface area (Å²) >= 11 is 1.42. The first kappa shape index (κ1) is 19.4. The van der Waals surface area contributed by atoms with Crippen LogP contribution in [-0.4, -0.2) is 36.3 Å². The number of nitrogens with zero attached hydrogens (tertiary/aromatic N) is 1. The van der Waals surface area contributed by atoms with Crippen LogP contribution in [0.1, 0.15) is 32.0 Å². The van der Waals surface area contributed by atoms with Gasteiger partial charge in [-0.2, -0.15) is 0 Å². The number of nitrogens with two attached hydrogens (primary N) is 1. The molecule has 1 aromatic carbocycles. The van der Waals surface area contributed by atoms with Crippen molar-refractivity contribution in [3.63, 3.8) is 0 Å². The number of amides is 2. The molecular weight excluding hydrogens is 358 g/mol. The van der Waals surface area contributed by atoms with E-state index in [9.17, 15) is 9.59 Å². The van der Waals surface area contributed by atoms with Crippen LogP contribution in [0.3, 0.4) is 0 Å². The summed E-state index contributed by atoms with van der Waals surface area (Å²) in [7, 11) is 0. The lowest BCUT2D eigenvalue weighted by Crippen LogP contribution is -2.29. The summed E-state index contributed by atoms with van der Waals surface area (Å²) in [6, 6.07) is 11.1. The molecule has 0 radical (unpaired) electrons. The Hall–Kier alpha value is -1.89. The second kappa shape index (κ2) is 8.99. The molecule has 134 valence electrons. The predicted octanol–water partition coefficient (Wildman–Crippen LogP) is 2.52. The summed E-state index contributed by atoms with van der Waals surface area (Å²) < 4.78 is 0. The fourth-order valence-electron chi connectivity index (χ4n) is 2.83. The summed E-state index contributed by atoms with van der Waals surface area (Å²) in [4.78, 5) is 26.9. The van der Waals surface area contributed by atoms with Crippen molar-refractivity contribution in [3.8, 4) is 0 Å². The van der Waals surface area contributed by atoms with Gasteiger partial charge >= 0.3 is 0 Å². The lowest BCUT2D eigenvalue weighted by molar-refractivity contribution is 0.0787. The van der Waals surface area contributed by atoms with Crippen molar-refractivity contribution < 1.29 is 9.59 Å². The van der Waals surface area contributed by atoms with E-state index in [0.717, 1.165) is 25.1 Å². The fourth-order valence-corrected chi connectivity index (χ4v) is 3.47. The van der Waals surface area contributed by atoms with E-state index in [1.54, 1.807) is 6.07 Å². The normalized spacial score (nSPS) is 16.4. The van der Waals surface area contributed by atoms with E-state index in [1.165, 1.54) is 11.3 Å². The van der Waals surface area contributed by atoms with Crippen molar-refractivity contribution in [1.29, 1.82) is 0 Å². The molecule has 1 fully saturated rings. The molecular formula is C18H22ClN3O2S. The van der Waals surface area contributed by atoms with E-state index >= 15 is 0 Å². The molecule has 1 atom stereocenters. The quantitative estimate of drug-likeness (QED) is 0.838. The second-order valence-electron chi connectivity index (χ2n) is 6.00. The molecule has 1 aromatic heterocycles. The molecule has 1 unspecified atom stereocenters. The predicted molar refractivity (Wildman–Crippen MR) is 102 cm³/mol. The van der Waals surface area contributed by atoms with E-state index in [-0.39, 0.29) is 24.2 Å². The van der Waals surface area contributed by atoms with Gasteiger partial charge in [-0.25, -0.2) is 0 Å². The van der Waals surface area contributed by atoms with Gasteiger partial charge in [0.05, 0.1) is 4.88 Å². The number of hydrogen-bond donors (Lipinski definition) is 2. The van der Waals surface area contributed by atoms with Crippen LogP contribution < -0.4 is 11.1 Å². The van der Waals surface area contributed by atoms with Gasteiger partial charge in [0.2, 0.25) is 0 Å². The number of thiophene rings is 1. The third-order valence-electron chi connectivity index (χ3n) is 4.31. The molecule has 7 heteroatoms. The Morgan fingerprint density at radius 2 is 2.00 bits per heavy atom. The van der Waals surface area contributed by atoms with Crippen molar-refractivity contribution in [3.05, 3.63) is 57.8 Å². The molecule has 25 heavy (non-hydrogen) atoms. The Balaban J connectivity index is 0.00000225. The molecule has 1 aliphatic rings. The zero-order valence-corrected chi connectivity index (χ0v) is 15.4. The SMILES string of the molecule is Cl.NCC1CCN(C(=O)c2ccc(CNC(=O)c3cccs3)cc2)C1. The maximum Gasteiger partial charge on any atom is 0.261 e. The molecule has 2 heterocycles. The number of rotatable bonds is 5. The Kier molecular flexibility index (Phi) is 6.99. The van der Waals surface area contributed by atoms with E-state index in [2.05, 4.69) is 5.32 Å². The first-order chi connectivity index (χ1) is 11.7. The highest BCUT2D eigenvalue weighted by atomic mass is 35.5. The molecule has 0 saturated carbocycles. The number of carbonyl (C=O) groups excluding carboxylic acids is 2. The van der Waals surface area contributed by atoms with Gasteiger partial charge in [0, 0.05) is 25.2 Å². The molecule has 1 aliphatic heterocycles. The summed E-state index contributed by atoms with van der Waals surface area (Å²) in [5, 5.41) is 4.76. The van der Waals surface area contributed by atoms with E-state index < -0.39 is 0 Å². The second-order valence-corrected chi connectivity index (χ2v) is 6.95. The van der Waals surface area contributed by atoms with Crippen LogP contribution in [0.4, 0.5) is 0 Å². The maximum absolute atomic E-state index is 12.5. The van der Waals surface area contributed by atoms with E-state index in [4.69, 9.17) is 5.73 Å². The number of carbonyl (C=O) groups is 2. The van der Waals surface area contributed by atoms with Gasteiger partial charge in [-0.3, -0.25) is 9.59 Å². The summed E-state index contributed by atoms with van der Waals surface area (Å²) in [6.45, 7) is 2.60. The third-order valence-corrected chi connectivity index (χ3v) is 5.17. The highest BCUT2D eigenvalue weighted by Crippen LogP contribution is 2.18. The molecule has 3 N–H and O–H groups in total. The first-order valence-electron chi connectivity index (χ1n) is 8.07. The fraction of sp³-hybridized carbons (Fsp3) is 0.333.